The molecule has 0 radical (unpaired) electrons. The Bertz CT molecular complexity index is 606. The summed E-state index contributed by atoms with van der Waals surface area (Å²) in [5.41, 5.74) is 0.646. The predicted octanol–water partition coefficient (Wildman–Crippen LogP) is 7.53. The standard InChI is InChI=1S/C27H48O3/c1-20(2)10-7-11-21(3)12-8-13-22(4)14-9-16-27(6,30)17-15-24-19-25(28)18-23(5)26(24)29/h18-22,28-30H,7-17H2,1-6H3/t21-,22-,27-/m1/s1. The van der Waals surface area contributed by atoms with Gasteiger partial charge in [0.2, 0.25) is 0 Å². The molecule has 174 valence electrons. The lowest BCUT2D eigenvalue weighted by atomic mass is 9.88. The minimum Gasteiger partial charge on any atom is -0.508 e. The number of rotatable bonds is 15. The normalized spacial score (nSPS) is 15.9. The van der Waals surface area contributed by atoms with Crippen molar-refractivity contribution in [1.82, 2.24) is 0 Å². The van der Waals surface area contributed by atoms with Crippen LogP contribution in [0.3, 0.4) is 0 Å². The van der Waals surface area contributed by atoms with Gasteiger partial charge in [0.15, 0.2) is 0 Å². The first-order valence-corrected chi connectivity index (χ1v) is 12.2. The van der Waals surface area contributed by atoms with Crippen molar-refractivity contribution in [3.8, 4) is 11.5 Å². The number of benzene rings is 1. The summed E-state index contributed by atoms with van der Waals surface area (Å²) in [4.78, 5) is 0. The lowest BCUT2D eigenvalue weighted by molar-refractivity contribution is 0.0385. The molecular formula is C27H48O3. The van der Waals surface area contributed by atoms with Crippen LogP contribution in [-0.2, 0) is 6.42 Å². The van der Waals surface area contributed by atoms with Gasteiger partial charge in [-0.05, 0) is 74.1 Å². The zero-order valence-corrected chi connectivity index (χ0v) is 20.5. The van der Waals surface area contributed by atoms with Gasteiger partial charge in [-0.2, -0.15) is 0 Å². The van der Waals surface area contributed by atoms with Gasteiger partial charge in [0, 0.05) is 0 Å². The van der Waals surface area contributed by atoms with Crippen molar-refractivity contribution in [2.45, 2.75) is 118 Å². The van der Waals surface area contributed by atoms with Crippen LogP contribution in [0.15, 0.2) is 12.1 Å². The van der Waals surface area contributed by atoms with Crippen molar-refractivity contribution in [2.24, 2.45) is 17.8 Å². The summed E-state index contributed by atoms with van der Waals surface area (Å²) in [6, 6.07) is 3.16. The number of phenols is 2. The largest absolute Gasteiger partial charge is 0.508 e. The molecule has 1 aromatic rings. The van der Waals surface area contributed by atoms with Crippen molar-refractivity contribution in [2.75, 3.05) is 0 Å². The highest BCUT2D eigenvalue weighted by Gasteiger charge is 2.21. The molecule has 1 rings (SSSR count). The molecule has 3 nitrogen and oxygen atoms in total. The van der Waals surface area contributed by atoms with Crippen LogP contribution in [0.2, 0.25) is 0 Å². The molecule has 0 saturated carbocycles. The molecule has 1 aromatic carbocycles. The molecule has 0 fully saturated rings. The molecule has 3 N–H and O–H groups in total. The molecule has 0 bridgehead atoms. The number of hydrogen-bond donors (Lipinski definition) is 3. The second-order valence-corrected chi connectivity index (χ2v) is 10.6. The molecule has 0 aliphatic rings. The van der Waals surface area contributed by atoms with Crippen LogP contribution >= 0.6 is 0 Å². The topological polar surface area (TPSA) is 60.7 Å². The van der Waals surface area contributed by atoms with Crippen molar-refractivity contribution in [3.05, 3.63) is 23.3 Å². The SMILES string of the molecule is Cc1cc(O)cc(CC[C@](C)(O)CCC[C@H](C)CCC[C@H](C)CCCC(C)C)c1O. The number of phenolic OH excluding ortho intramolecular Hbond substituents is 2. The van der Waals surface area contributed by atoms with Gasteiger partial charge in [-0.25, -0.2) is 0 Å². The lowest BCUT2D eigenvalue weighted by Crippen LogP contribution is -2.25. The van der Waals surface area contributed by atoms with E-state index in [-0.39, 0.29) is 11.5 Å². The van der Waals surface area contributed by atoms with Gasteiger partial charge in [-0.3, -0.25) is 0 Å². The summed E-state index contributed by atoms with van der Waals surface area (Å²) < 4.78 is 0. The van der Waals surface area contributed by atoms with Crippen LogP contribution in [0.4, 0.5) is 0 Å². The van der Waals surface area contributed by atoms with Crippen LogP contribution in [0, 0.1) is 24.7 Å². The molecule has 0 aliphatic heterocycles. The number of aromatic hydroxyl groups is 2. The van der Waals surface area contributed by atoms with Crippen molar-refractivity contribution in [3.63, 3.8) is 0 Å². The third kappa shape index (κ3) is 11.2. The quantitative estimate of drug-likeness (QED) is 0.257. The molecule has 0 aliphatic carbocycles. The second-order valence-electron chi connectivity index (χ2n) is 10.6. The Hall–Kier alpha value is -1.22. The monoisotopic (exact) mass is 420 g/mol. The number of aliphatic hydroxyl groups is 1. The fourth-order valence-electron chi connectivity index (χ4n) is 4.36. The van der Waals surface area contributed by atoms with E-state index in [9.17, 15) is 15.3 Å². The molecule has 0 amide bonds. The third-order valence-electron chi connectivity index (χ3n) is 6.58. The van der Waals surface area contributed by atoms with E-state index in [1.807, 2.05) is 6.92 Å². The minimum atomic E-state index is -0.740. The molecule has 0 spiro atoms. The zero-order valence-electron chi connectivity index (χ0n) is 20.5. The van der Waals surface area contributed by atoms with E-state index in [1.165, 1.54) is 38.5 Å². The average Bonchev–Trinajstić information content (AvgIpc) is 2.63. The van der Waals surface area contributed by atoms with Gasteiger partial charge in [0.1, 0.15) is 11.5 Å². The van der Waals surface area contributed by atoms with Crippen molar-refractivity contribution < 1.29 is 15.3 Å². The highest BCUT2D eigenvalue weighted by Crippen LogP contribution is 2.31. The van der Waals surface area contributed by atoms with Crippen molar-refractivity contribution in [1.29, 1.82) is 0 Å². The molecule has 0 heterocycles. The molecule has 0 unspecified atom stereocenters. The summed E-state index contributed by atoms with van der Waals surface area (Å²) >= 11 is 0. The Labute approximate surface area is 185 Å². The van der Waals surface area contributed by atoms with Gasteiger partial charge >= 0.3 is 0 Å². The van der Waals surface area contributed by atoms with Crippen LogP contribution in [0.1, 0.15) is 110 Å². The van der Waals surface area contributed by atoms with E-state index < -0.39 is 5.60 Å². The maximum atomic E-state index is 10.7. The molecule has 3 atom stereocenters. The maximum absolute atomic E-state index is 10.7. The summed E-state index contributed by atoms with van der Waals surface area (Å²) in [6.45, 7) is 13.0. The minimum absolute atomic E-state index is 0.169. The summed E-state index contributed by atoms with van der Waals surface area (Å²) in [7, 11) is 0. The molecular weight excluding hydrogens is 372 g/mol. The molecule has 0 saturated heterocycles. The predicted molar refractivity (Wildman–Crippen MR) is 128 cm³/mol. The first-order valence-electron chi connectivity index (χ1n) is 12.2. The summed E-state index contributed by atoms with van der Waals surface area (Å²) in [5.74, 6) is 2.78. The maximum Gasteiger partial charge on any atom is 0.121 e. The number of aryl methyl sites for hydroxylation is 2. The smallest absolute Gasteiger partial charge is 0.121 e. The van der Waals surface area contributed by atoms with Crippen LogP contribution in [0.5, 0.6) is 11.5 Å². The highest BCUT2D eigenvalue weighted by atomic mass is 16.3. The Morgan fingerprint density at radius 3 is 1.90 bits per heavy atom. The van der Waals surface area contributed by atoms with E-state index in [0.717, 1.165) is 31.1 Å². The van der Waals surface area contributed by atoms with E-state index >= 15 is 0 Å². The summed E-state index contributed by atoms with van der Waals surface area (Å²) in [6.07, 6.45) is 12.2. The highest BCUT2D eigenvalue weighted by molar-refractivity contribution is 5.45. The van der Waals surface area contributed by atoms with Crippen LogP contribution in [-0.4, -0.2) is 20.9 Å². The van der Waals surface area contributed by atoms with Crippen molar-refractivity contribution >= 4 is 0 Å². The number of hydrogen-bond acceptors (Lipinski definition) is 3. The van der Waals surface area contributed by atoms with E-state index in [4.69, 9.17) is 0 Å². The second kappa shape index (κ2) is 13.2. The summed E-state index contributed by atoms with van der Waals surface area (Å²) in [5, 5.41) is 30.7. The first-order chi connectivity index (χ1) is 14.0. The Balaban J connectivity index is 2.23. The van der Waals surface area contributed by atoms with Gasteiger partial charge in [0.05, 0.1) is 5.60 Å². The van der Waals surface area contributed by atoms with Crippen LogP contribution in [0.25, 0.3) is 0 Å². The van der Waals surface area contributed by atoms with Crippen LogP contribution < -0.4 is 0 Å². The molecule has 3 heteroatoms. The fourth-order valence-corrected chi connectivity index (χ4v) is 4.36. The third-order valence-corrected chi connectivity index (χ3v) is 6.58. The molecule has 0 aromatic heterocycles. The van der Waals surface area contributed by atoms with Gasteiger partial charge in [0.25, 0.3) is 0 Å². The van der Waals surface area contributed by atoms with Gasteiger partial charge in [-0.15, -0.1) is 0 Å². The lowest BCUT2D eigenvalue weighted by Gasteiger charge is -2.24. The van der Waals surface area contributed by atoms with E-state index in [0.29, 0.717) is 29.9 Å². The zero-order chi connectivity index (χ0) is 22.7. The van der Waals surface area contributed by atoms with E-state index in [1.54, 1.807) is 19.1 Å². The van der Waals surface area contributed by atoms with E-state index in [2.05, 4.69) is 27.7 Å². The fraction of sp³-hybridized carbons (Fsp3) is 0.778. The molecule has 30 heavy (non-hydrogen) atoms. The Morgan fingerprint density at radius 1 is 0.800 bits per heavy atom. The Morgan fingerprint density at radius 2 is 1.33 bits per heavy atom. The Kier molecular flexibility index (Phi) is 11.8. The van der Waals surface area contributed by atoms with Gasteiger partial charge in [-0.1, -0.05) is 79.1 Å². The first kappa shape index (κ1) is 26.8. The average molecular weight is 421 g/mol. The van der Waals surface area contributed by atoms with Gasteiger partial charge < -0.3 is 15.3 Å².